The van der Waals surface area contributed by atoms with Crippen molar-refractivity contribution >= 4 is 5.91 Å². The molecule has 1 amide bonds. The maximum Gasteiger partial charge on any atom is 0.223 e. The molecule has 1 saturated heterocycles. The molecule has 1 aromatic carbocycles. The fourth-order valence-corrected chi connectivity index (χ4v) is 2.21. The van der Waals surface area contributed by atoms with Gasteiger partial charge in [0, 0.05) is 31.2 Å². The first kappa shape index (κ1) is 14.6. The maximum atomic E-state index is 12.0. The van der Waals surface area contributed by atoms with Crippen molar-refractivity contribution in [1.82, 2.24) is 5.32 Å². The van der Waals surface area contributed by atoms with E-state index in [2.05, 4.69) is 17.2 Å². The van der Waals surface area contributed by atoms with Crippen molar-refractivity contribution in [1.29, 1.82) is 0 Å². The minimum absolute atomic E-state index is 0.0870. The Balaban J connectivity index is 1.88. The minimum atomic E-state index is 0.0870. The first-order chi connectivity index (χ1) is 9.79. The van der Waals surface area contributed by atoms with Gasteiger partial charge in [-0.1, -0.05) is 24.0 Å². The number of nitrogens with two attached hydrogens (primary N) is 1. The zero-order chi connectivity index (χ0) is 14.2. The molecule has 0 radical (unpaired) electrons. The van der Waals surface area contributed by atoms with Crippen molar-refractivity contribution in [2.75, 3.05) is 19.8 Å². The molecule has 4 heteroatoms. The van der Waals surface area contributed by atoms with E-state index in [1.807, 2.05) is 24.3 Å². The summed E-state index contributed by atoms with van der Waals surface area (Å²) in [5.74, 6) is 6.02. The molecule has 106 valence electrons. The number of benzene rings is 1. The standard InChI is InChI=1S/C16H20N2O2/c17-8-2-5-13-3-1-4-14(11-13)12-18-16(19)15-6-9-20-10-7-15/h1,3-4,11,15H,6-10,12,17H2,(H,18,19). The van der Waals surface area contributed by atoms with Crippen molar-refractivity contribution in [2.24, 2.45) is 11.7 Å². The molecule has 0 bridgehead atoms. The number of carbonyl (C=O) groups excluding carboxylic acids is 1. The molecule has 2 rings (SSSR count). The molecule has 20 heavy (non-hydrogen) atoms. The number of rotatable bonds is 3. The van der Waals surface area contributed by atoms with Gasteiger partial charge < -0.3 is 15.8 Å². The van der Waals surface area contributed by atoms with Crippen LogP contribution in [0.4, 0.5) is 0 Å². The molecule has 1 fully saturated rings. The highest BCUT2D eigenvalue weighted by Gasteiger charge is 2.20. The largest absolute Gasteiger partial charge is 0.381 e. The van der Waals surface area contributed by atoms with Gasteiger partial charge in [-0.15, -0.1) is 0 Å². The maximum absolute atomic E-state index is 12.0. The van der Waals surface area contributed by atoms with Crippen molar-refractivity contribution < 1.29 is 9.53 Å². The summed E-state index contributed by atoms with van der Waals surface area (Å²) in [7, 11) is 0. The quantitative estimate of drug-likeness (QED) is 0.808. The van der Waals surface area contributed by atoms with Gasteiger partial charge in [0.1, 0.15) is 0 Å². The second kappa shape index (κ2) is 7.68. The highest BCUT2D eigenvalue weighted by atomic mass is 16.5. The van der Waals surface area contributed by atoms with Gasteiger partial charge in [0.2, 0.25) is 5.91 Å². The smallest absolute Gasteiger partial charge is 0.223 e. The van der Waals surface area contributed by atoms with Crippen LogP contribution >= 0.6 is 0 Å². The van der Waals surface area contributed by atoms with E-state index in [4.69, 9.17) is 10.5 Å². The van der Waals surface area contributed by atoms with Gasteiger partial charge in [0.25, 0.3) is 0 Å². The van der Waals surface area contributed by atoms with Crippen LogP contribution < -0.4 is 11.1 Å². The molecule has 1 heterocycles. The minimum Gasteiger partial charge on any atom is -0.381 e. The van der Waals surface area contributed by atoms with Gasteiger partial charge in [-0.3, -0.25) is 4.79 Å². The average molecular weight is 272 g/mol. The van der Waals surface area contributed by atoms with E-state index in [1.54, 1.807) is 0 Å². The highest BCUT2D eigenvalue weighted by molar-refractivity contribution is 5.78. The first-order valence-corrected chi connectivity index (χ1v) is 6.93. The predicted molar refractivity (Wildman–Crippen MR) is 77.8 cm³/mol. The lowest BCUT2D eigenvalue weighted by Crippen LogP contribution is -2.33. The van der Waals surface area contributed by atoms with E-state index in [-0.39, 0.29) is 11.8 Å². The third-order valence-corrected chi connectivity index (χ3v) is 3.32. The Bertz CT molecular complexity index is 511. The van der Waals surface area contributed by atoms with E-state index >= 15 is 0 Å². The van der Waals surface area contributed by atoms with Gasteiger partial charge in [0.15, 0.2) is 0 Å². The zero-order valence-corrected chi connectivity index (χ0v) is 11.5. The number of hydrogen-bond acceptors (Lipinski definition) is 3. The third-order valence-electron chi connectivity index (χ3n) is 3.32. The van der Waals surface area contributed by atoms with Crippen LogP contribution in [0.1, 0.15) is 24.0 Å². The predicted octanol–water partition coefficient (Wildman–Crippen LogP) is 1.04. The highest BCUT2D eigenvalue weighted by Crippen LogP contribution is 2.14. The topological polar surface area (TPSA) is 64.3 Å². The summed E-state index contributed by atoms with van der Waals surface area (Å²) in [6.45, 7) is 2.25. The molecule has 1 aliphatic heterocycles. The summed E-state index contributed by atoms with van der Waals surface area (Å²) in [4.78, 5) is 12.0. The van der Waals surface area contributed by atoms with Crippen LogP contribution in [0.3, 0.4) is 0 Å². The first-order valence-electron chi connectivity index (χ1n) is 6.93. The monoisotopic (exact) mass is 272 g/mol. The lowest BCUT2D eigenvalue weighted by molar-refractivity contribution is -0.128. The average Bonchev–Trinajstić information content (AvgIpc) is 2.52. The van der Waals surface area contributed by atoms with E-state index in [0.29, 0.717) is 26.3 Å². The molecule has 1 aromatic rings. The summed E-state index contributed by atoms with van der Waals surface area (Å²) < 4.78 is 5.26. The lowest BCUT2D eigenvalue weighted by atomic mass is 9.99. The van der Waals surface area contributed by atoms with E-state index < -0.39 is 0 Å². The van der Waals surface area contributed by atoms with Gasteiger partial charge in [-0.05, 0) is 30.5 Å². The molecule has 1 aliphatic rings. The Hall–Kier alpha value is -1.83. The van der Waals surface area contributed by atoms with Crippen LogP contribution in [-0.2, 0) is 16.1 Å². The Morgan fingerprint density at radius 3 is 2.95 bits per heavy atom. The van der Waals surface area contributed by atoms with Crippen LogP contribution in [-0.4, -0.2) is 25.7 Å². The molecule has 0 aromatic heterocycles. The molecule has 0 spiro atoms. The Labute approximate surface area is 119 Å². The summed E-state index contributed by atoms with van der Waals surface area (Å²) in [5, 5.41) is 2.98. The zero-order valence-electron chi connectivity index (χ0n) is 11.5. The van der Waals surface area contributed by atoms with Crippen molar-refractivity contribution in [3.63, 3.8) is 0 Å². The fraction of sp³-hybridized carbons (Fsp3) is 0.438. The number of carbonyl (C=O) groups is 1. The van der Waals surface area contributed by atoms with Gasteiger partial charge in [-0.25, -0.2) is 0 Å². The second-order valence-corrected chi connectivity index (χ2v) is 4.81. The molecule has 0 saturated carbocycles. The van der Waals surface area contributed by atoms with Gasteiger partial charge in [0.05, 0.1) is 6.54 Å². The molecule has 3 N–H and O–H groups in total. The Kier molecular flexibility index (Phi) is 5.60. The summed E-state index contributed by atoms with van der Waals surface area (Å²) in [5.41, 5.74) is 7.33. The second-order valence-electron chi connectivity index (χ2n) is 4.81. The van der Waals surface area contributed by atoms with Gasteiger partial charge in [-0.2, -0.15) is 0 Å². The molecular weight excluding hydrogens is 252 g/mol. The van der Waals surface area contributed by atoms with Crippen molar-refractivity contribution in [2.45, 2.75) is 19.4 Å². The van der Waals surface area contributed by atoms with E-state index in [9.17, 15) is 4.79 Å². The van der Waals surface area contributed by atoms with Crippen LogP contribution in [0.15, 0.2) is 24.3 Å². The van der Waals surface area contributed by atoms with Gasteiger partial charge >= 0.3 is 0 Å². The molecular formula is C16H20N2O2. The van der Waals surface area contributed by atoms with E-state index in [1.165, 1.54) is 0 Å². The molecule has 0 aliphatic carbocycles. The summed E-state index contributed by atoms with van der Waals surface area (Å²) >= 11 is 0. The molecule has 0 atom stereocenters. The third kappa shape index (κ3) is 4.37. The number of ether oxygens (including phenoxy) is 1. The summed E-state index contributed by atoms with van der Waals surface area (Å²) in [6.07, 6.45) is 1.63. The lowest BCUT2D eigenvalue weighted by Gasteiger charge is -2.21. The normalized spacial score (nSPS) is 15.2. The number of amides is 1. The van der Waals surface area contributed by atoms with E-state index in [0.717, 1.165) is 24.0 Å². The SMILES string of the molecule is NCC#Cc1cccc(CNC(=O)C2CCOCC2)c1. The Morgan fingerprint density at radius 1 is 1.40 bits per heavy atom. The number of nitrogens with one attached hydrogen (secondary N) is 1. The molecule has 4 nitrogen and oxygen atoms in total. The van der Waals surface area contributed by atoms with Crippen LogP contribution in [0.2, 0.25) is 0 Å². The molecule has 0 unspecified atom stereocenters. The Morgan fingerprint density at radius 2 is 2.20 bits per heavy atom. The van der Waals surface area contributed by atoms with Crippen molar-refractivity contribution in [3.05, 3.63) is 35.4 Å². The van der Waals surface area contributed by atoms with Crippen molar-refractivity contribution in [3.8, 4) is 11.8 Å². The van der Waals surface area contributed by atoms with Crippen LogP contribution in [0.5, 0.6) is 0 Å². The van der Waals surface area contributed by atoms with Crippen LogP contribution in [0, 0.1) is 17.8 Å². The fourth-order valence-electron chi connectivity index (χ4n) is 2.21. The summed E-state index contributed by atoms with van der Waals surface area (Å²) in [6, 6.07) is 7.84. The van der Waals surface area contributed by atoms with Crippen LogP contribution in [0.25, 0.3) is 0 Å². The number of hydrogen-bond donors (Lipinski definition) is 2.